The van der Waals surface area contributed by atoms with Crippen LogP contribution in [0.25, 0.3) is 22.0 Å². The first kappa shape index (κ1) is 21.4. The third kappa shape index (κ3) is 4.04. The van der Waals surface area contributed by atoms with Gasteiger partial charge in [0.2, 0.25) is 0 Å². The number of hydrogen-bond donors (Lipinski definition) is 1. The highest BCUT2D eigenvalue weighted by atomic mass is 32.2. The molecule has 0 unspecified atom stereocenters. The molecule has 0 saturated carbocycles. The van der Waals surface area contributed by atoms with Gasteiger partial charge >= 0.3 is 0 Å². The molecule has 6 nitrogen and oxygen atoms in total. The Bertz CT molecular complexity index is 1550. The molecular weight excluding hydrogens is 448 g/mol. The minimum Gasteiger partial charge on any atom is -0.454 e. The molecule has 33 heavy (non-hydrogen) atoms. The number of aryl methyl sites for hydroxylation is 1. The number of pyridine rings is 1. The fraction of sp³-hybridized carbons (Fsp3) is 0.208. The summed E-state index contributed by atoms with van der Waals surface area (Å²) in [6.45, 7) is 0. The molecule has 0 radical (unpaired) electrons. The second-order valence-corrected chi connectivity index (χ2v) is 10.6. The number of rotatable bonds is 4. The number of hydrogen-bond acceptors (Lipinski definition) is 4. The van der Waals surface area contributed by atoms with Crippen LogP contribution < -0.4 is 10.3 Å². The maximum atomic E-state index is 14.3. The molecule has 5 rings (SSSR count). The van der Waals surface area contributed by atoms with Crippen LogP contribution in [0.4, 0.5) is 14.5 Å². The van der Waals surface area contributed by atoms with Gasteiger partial charge in [-0.05, 0) is 49.2 Å². The summed E-state index contributed by atoms with van der Waals surface area (Å²) < 4.78 is 52.5. The Labute approximate surface area is 189 Å². The zero-order chi connectivity index (χ0) is 23.2. The Kier molecular flexibility index (Phi) is 5.28. The minimum absolute atomic E-state index is 0.140. The molecule has 9 heteroatoms. The van der Waals surface area contributed by atoms with E-state index in [0.29, 0.717) is 45.0 Å². The molecule has 0 atom stereocenters. The van der Waals surface area contributed by atoms with Gasteiger partial charge in [-0.25, -0.2) is 13.0 Å². The Morgan fingerprint density at radius 2 is 1.79 bits per heavy atom. The number of fused-ring (bicyclic) bond motifs is 1. The van der Waals surface area contributed by atoms with E-state index < -0.39 is 21.4 Å². The number of benzene rings is 2. The maximum Gasteiger partial charge on any atom is 0.274 e. The first-order valence-electron chi connectivity index (χ1n) is 10.5. The van der Waals surface area contributed by atoms with E-state index in [1.54, 1.807) is 43.7 Å². The lowest BCUT2D eigenvalue weighted by molar-refractivity contribution is 0.439. The topological polar surface area (TPSA) is 76.5 Å². The van der Waals surface area contributed by atoms with E-state index >= 15 is 0 Å². The van der Waals surface area contributed by atoms with E-state index in [0.717, 1.165) is 25.0 Å². The first-order chi connectivity index (χ1) is 15.8. The van der Waals surface area contributed by atoms with Gasteiger partial charge in [0.15, 0.2) is 11.6 Å². The molecule has 170 valence electrons. The van der Waals surface area contributed by atoms with Gasteiger partial charge in [-0.2, -0.15) is 4.36 Å². The van der Waals surface area contributed by atoms with Crippen molar-refractivity contribution in [3.63, 3.8) is 0 Å². The molecule has 0 amide bonds. The summed E-state index contributed by atoms with van der Waals surface area (Å²) in [5.41, 5.74) is 1.94. The van der Waals surface area contributed by atoms with Crippen LogP contribution in [0.5, 0.6) is 11.5 Å². The fourth-order valence-corrected chi connectivity index (χ4v) is 6.27. The van der Waals surface area contributed by atoms with E-state index in [9.17, 15) is 17.8 Å². The standard InChI is InChI=1S/C24H21F2N3O3S/c1-29-14-19(17-8-9-27-23(17)24(29)30)18-13-16(28-33(31)10-2-3-11-33)5-7-21(18)32-22-6-4-15(25)12-20(22)26/h4-9,12-14,27H,2-3,10-11H2,1H3. The van der Waals surface area contributed by atoms with Crippen molar-refractivity contribution < 1.29 is 17.7 Å². The number of ether oxygens (including phenoxy) is 1. The smallest absolute Gasteiger partial charge is 0.274 e. The van der Waals surface area contributed by atoms with Gasteiger partial charge in [-0.1, -0.05) is 0 Å². The average molecular weight is 470 g/mol. The summed E-state index contributed by atoms with van der Waals surface area (Å²) in [4.78, 5) is 15.5. The van der Waals surface area contributed by atoms with Gasteiger partial charge in [0.1, 0.15) is 17.1 Å². The van der Waals surface area contributed by atoms with Crippen molar-refractivity contribution >= 4 is 26.3 Å². The summed E-state index contributed by atoms with van der Waals surface area (Å²) >= 11 is 0. The lowest BCUT2D eigenvalue weighted by Gasteiger charge is -2.15. The number of H-pyrrole nitrogens is 1. The monoisotopic (exact) mass is 469 g/mol. The van der Waals surface area contributed by atoms with Gasteiger partial charge in [0.25, 0.3) is 5.56 Å². The van der Waals surface area contributed by atoms with Gasteiger partial charge in [-0.3, -0.25) is 4.79 Å². The van der Waals surface area contributed by atoms with Crippen LogP contribution in [0.1, 0.15) is 12.8 Å². The second-order valence-electron chi connectivity index (χ2n) is 8.06. The average Bonchev–Trinajstić information content (AvgIpc) is 3.43. The van der Waals surface area contributed by atoms with Crippen molar-refractivity contribution in [2.45, 2.75) is 12.8 Å². The van der Waals surface area contributed by atoms with E-state index in [4.69, 9.17) is 4.74 Å². The molecule has 0 aliphatic carbocycles. The number of aromatic nitrogens is 2. The predicted molar refractivity (Wildman–Crippen MR) is 125 cm³/mol. The van der Waals surface area contributed by atoms with Crippen LogP contribution in [0.3, 0.4) is 0 Å². The molecule has 0 bridgehead atoms. The van der Waals surface area contributed by atoms with Crippen LogP contribution >= 0.6 is 0 Å². The first-order valence-corrected chi connectivity index (χ1v) is 12.3. The van der Waals surface area contributed by atoms with E-state index in [1.165, 1.54) is 10.6 Å². The fourth-order valence-electron chi connectivity index (χ4n) is 4.07. The number of nitrogens with zero attached hydrogens (tertiary/aromatic N) is 2. The normalized spacial score (nSPS) is 15.1. The summed E-state index contributed by atoms with van der Waals surface area (Å²) in [7, 11) is -0.680. The zero-order valence-electron chi connectivity index (χ0n) is 17.8. The Balaban J connectivity index is 1.72. The molecule has 1 N–H and O–H groups in total. The lowest BCUT2D eigenvalue weighted by Crippen LogP contribution is -2.16. The van der Waals surface area contributed by atoms with Crippen LogP contribution in [0.2, 0.25) is 0 Å². The van der Waals surface area contributed by atoms with Crippen molar-refractivity contribution in [2.24, 2.45) is 11.4 Å². The summed E-state index contributed by atoms with van der Waals surface area (Å²) in [5.74, 6) is -0.273. The summed E-state index contributed by atoms with van der Waals surface area (Å²) in [6, 6.07) is 9.88. The maximum absolute atomic E-state index is 14.3. The third-order valence-electron chi connectivity index (χ3n) is 5.71. The predicted octanol–water partition coefficient (Wildman–Crippen LogP) is 5.50. The zero-order valence-corrected chi connectivity index (χ0v) is 18.6. The quantitative estimate of drug-likeness (QED) is 0.429. The van der Waals surface area contributed by atoms with Crippen molar-refractivity contribution in [1.82, 2.24) is 9.55 Å². The highest BCUT2D eigenvalue weighted by molar-refractivity contribution is 7.93. The Hall–Kier alpha value is -3.46. The molecule has 3 heterocycles. The molecule has 1 saturated heterocycles. The Morgan fingerprint density at radius 1 is 1.03 bits per heavy atom. The van der Waals surface area contributed by atoms with Crippen molar-refractivity contribution in [3.05, 3.63) is 76.8 Å². The molecule has 2 aromatic heterocycles. The summed E-state index contributed by atoms with van der Waals surface area (Å²) in [6.07, 6.45) is 5.09. The van der Waals surface area contributed by atoms with E-state index in [1.807, 2.05) is 0 Å². The van der Waals surface area contributed by atoms with Crippen LogP contribution in [0, 0.1) is 11.6 Å². The van der Waals surface area contributed by atoms with E-state index in [2.05, 4.69) is 9.35 Å². The highest BCUT2D eigenvalue weighted by Gasteiger charge is 2.19. The minimum atomic E-state index is -2.31. The Morgan fingerprint density at radius 3 is 2.55 bits per heavy atom. The largest absolute Gasteiger partial charge is 0.454 e. The van der Waals surface area contributed by atoms with Gasteiger partial charge in [0, 0.05) is 53.5 Å². The molecule has 4 aromatic rings. The lowest BCUT2D eigenvalue weighted by atomic mass is 10.0. The van der Waals surface area contributed by atoms with Gasteiger partial charge in [0.05, 0.1) is 15.4 Å². The van der Waals surface area contributed by atoms with Crippen LogP contribution in [-0.4, -0.2) is 25.3 Å². The SMILES string of the molecule is Cn1cc(-c2cc(N=S3(=O)CCCC3)ccc2Oc2ccc(F)cc2F)c2cc[nH]c2c1=O. The second kappa shape index (κ2) is 8.15. The van der Waals surface area contributed by atoms with Crippen molar-refractivity contribution in [2.75, 3.05) is 11.5 Å². The molecule has 0 spiro atoms. The number of aromatic amines is 1. The highest BCUT2D eigenvalue weighted by Crippen LogP contribution is 2.40. The third-order valence-corrected chi connectivity index (χ3v) is 8.11. The molecular formula is C24H21F2N3O3S. The molecule has 1 aliphatic heterocycles. The van der Waals surface area contributed by atoms with Crippen molar-refractivity contribution in [3.8, 4) is 22.6 Å². The van der Waals surface area contributed by atoms with Crippen LogP contribution in [0.15, 0.2) is 64.0 Å². The van der Waals surface area contributed by atoms with E-state index in [-0.39, 0.29) is 11.3 Å². The van der Waals surface area contributed by atoms with Crippen LogP contribution in [-0.2, 0) is 16.8 Å². The number of halogens is 2. The number of nitrogens with one attached hydrogen (secondary N) is 1. The molecule has 1 aliphatic rings. The summed E-state index contributed by atoms with van der Waals surface area (Å²) in [5, 5.41) is 0.657. The molecule has 2 aromatic carbocycles. The van der Waals surface area contributed by atoms with Gasteiger partial charge < -0.3 is 14.3 Å². The molecule has 1 fully saturated rings. The van der Waals surface area contributed by atoms with Gasteiger partial charge in [-0.15, -0.1) is 0 Å². The van der Waals surface area contributed by atoms with Crippen molar-refractivity contribution in [1.29, 1.82) is 0 Å².